The monoisotopic (exact) mass is 489 g/mol. The highest BCUT2D eigenvalue weighted by atomic mass is 16.4. The average molecular weight is 490 g/mol. The smallest absolute Gasteiger partial charge is 0.307 e. The molecule has 0 unspecified atom stereocenters. The lowest BCUT2D eigenvalue weighted by molar-refractivity contribution is -0.146. The number of carbonyl (C=O) groups is 3. The number of hydrogen-bond acceptors (Lipinski definition) is 4. The summed E-state index contributed by atoms with van der Waals surface area (Å²) < 4.78 is 0. The number of aryl methyl sites for hydroxylation is 2. The maximum Gasteiger partial charge on any atom is 0.307 e. The van der Waals surface area contributed by atoms with Crippen LogP contribution in [-0.4, -0.2) is 54.0 Å². The summed E-state index contributed by atoms with van der Waals surface area (Å²) in [6.45, 7) is 10.7. The summed E-state index contributed by atoms with van der Waals surface area (Å²) in [4.78, 5) is 42.6. The molecule has 4 rings (SSSR count). The molecular formula is C29H35N3O4. The number of hydrogen-bond donors (Lipinski definition) is 2. The Balaban J connectivity index is 1.45. The average Bonchev–Trinajstić information content (AvgIpc) is 2.87. The molecule has 2 aliphatic rings. The number of anilines is 2. The van der Waals surface area contributed by atoms with Crippen LogP contribution in [0.15, 0.2) is 53.6 Å². The first-order valence-electron chi connectivity index (χ1n) is 12.5. The van der Waals surface area contributed by atoms with E-state index in [1.54, 1.807) is 24.3 Å². The molecule has 2 N–H and O–H groups in total. The zero-order valence-electron chi connectivity index (χ0n) is 21.5. The number of carboxylic acid groups (broad SMARTS) is 1. The van der Waals surface area contributed by atoms with Crippen molar-refractivity contribution in [3.8, 4) is 0 Å². The van der Waals surface area contributed by atoms with Gasteiger partial charge in [0.2, 0.25) is 5.91 Å². The Morgan fingerprint density at radius 2 is 1.47 bits per heavy atom. The van der Waals surface area contributed by atoms with Gasteiger partial charge in [-0.3, -0.25) is 14.4 Å². The van der Waals surface area contributed by atoms with E-state index in [1.807, 2.05) is 18.7 Å². The second-order valence-electron chi connectivity index (χ2n) is 10.1. The molecule has 0 saturated carbocycles. The van der Waals surface area contributed by atoms with E-state index in [-0.39, 0.29) is 11.8 Å². The fourth-order valence-corrected chi connectivity index (χ4v) is 5.09. The van der Waals surface area contributed by atoms with Crippen molar-refractivity contribution in [1.82, 2.24) is 4.90 Å². The van der Waals surface area contributed by atoms with Crippen LogP contribution in [0.3, 0.4) is 0 Å². The minimum absolute atomic E-state index is 0.129. The first-order valence-corrected chi connectivity index (χ1v) is 12.5. The van der Waals surface area contributed by atoms with Crippen LogP contribution in [-0.2, 0) is 9.59 Å². The van der Waals surface area contributed by atoms with Crippen molar-refractivity contribution in [1.29, 1.82) is 0 Å². The number of piperazine rings is 1. The largest absolute Gasteiger partial charge is 0.481 e. The van der Waals surface area contributed by atoms with E-state index < -0.39 is 17.8 Å². The molecule has 2 aromatic rings. The summed E-state index contributed by atoms with van der Waals surface area (Å²) in [5, 5.41) is 12.6. The number of nitrogens with one attached hydrogen (secondary N) is 1. The molecule has 2 amide bonds. The van der Waals surface area contributed by atoms with Gasteiger partial charge in [0, 0.05) is 31.9 Å². The first-order chi connectivity index (χ1) is 17.2. The lowest BCUT2D eigenvalue weighted by Crippen LogP contribution is -2.49. The fraction of sp³-hybridized carbons (Fsp3) is 0.414. The molecule has 1 aliphatic carbocycles. The SMILES string of the molecule is CC1=C(C)C[C@@H](C(=O)O)[C@@H](C(=O)Nc2ccccc2C(=O)N2CCN(c3ccc(C)c(C)c3)CC2)C1. The number of allylic oxidation sites excluding steroid dienone is 2. The van der Waals surface area contributed by atoms with Gasteiger partial charge in [-0.15, -0.1) is 0 Å². The number of para-hydroxylation sites is 1. The van der Waals surface area contributed by atoms with E-state index in [0.717, 1.165) is 29.9 Å². The zero-order valence-corrected chi connectivity index (χ0v) is 21.5. The summed E-state index contributed by atoms with van der Waals surface area (Å²) in [7, 11) is 0. The molecule has 0 radical (unpaired) electrons. The highest BCUT2D eigenvalue weighted by Crippen LogP contribution is 2.35. The minimum atomic E-state index is -0.965. The maximum atomic E-state index is 13.4. The normalized spacial score (nSPS) is 20.3. The van der Waals surface area contributed by atoms with Crippen LogP contribution in [0.5, 0.6) is 0 Å². The Hall–Kier alpha value is -3.61. The maximum absolute atomic E-state index is 13.4. The quantitative estimate of drug-likeness (QED) is 0.597. The molecule has 1 heterocycles. The summed E-state index contributed by atoms with van der Waals surface area (Å²) in [5.41, 5.74) is 6.61. The van der Waals surface area contributed by atoms with Gasteiger partial charge in [0.1, 0.15) is 0 Å². The van der Waals surface area contributed by atoms with Gasteiger partial charge < -0.3 is 20.2 Å². The number of carboxylic acids is 1. The van der Waals surface area contributed by atoms with Crippen molar-refractivity contribution < 1.29 is 19.5 Å². The lowest BCUT2D eigenvalue weighted by atomic mass is 9.76. The Morgan fingerprint density at radius 3 is 2.11 bits per heavy atom. The molecule has 36 heavy (non-hydrogen) atoms. The number of carbonyl (C=O) groups excluding carboxylic acids is 2. The molecule has 0 spiro atoms. The molecule has 0 aromatic heterocycles. The molecule has 0 bridgehead atoms. The second kappa shape index (κ2) is 10.6. The lowest BCUT2D eigenvalue weighted by Gasteiger charge is -2.36. The number of aliphatic carboxylic acids is 1. The predicted octanol–water partition coefficient (Wildman–Crippen LogP) is 4.65. The van der Waals surface area contributed by atoms with E-state index in [1.165, 1.54) is 11.1 Å². The number of nitrogens with zero attached hydrogens (tertiary/aromatic N) is 2. The molecule has 2 aromatic carbocycles. The summed E-state index contributed by atoms with van der Waals surface area (Å²) >= 11 is 0. The van der Waals surface area contributed by atoms with Gasteiger partial charge in [-0.2, -0.15) is 0 Å². The molecule has 1 aliphatic heterocycles. The standard InChI is InChI=1S/C29H35N3O4/c1-18-9-10-22(15-19(18)2)31-11-13-32(14-12-31)28(34)23-7-5-6-8-26(23)30-27(33)24-16-20(3)21(4)17-25(24)29(35)36/h5-10,15,24-25H,11-14,16-17H2,1-4H3,(H,30,33)(H,35,36)/t24-,25+/m0/s1. The van der Waals surface area contributed by atoms with E-state index in [0.29, 0.717) is 37.2 Å². The van der Waals surface area contributed by atoms with Gasteiger partial charge in [-0.1, -0.05) is 29.3 Å². The van der Waals surface area contributed by atoms with Crippen molar-refractivity contribution in [2.24, 2.45) is 11.8 Å². The minimum Gasteiger partial charge on any atom is -0.481 e. The molecular weight excluding hydrogens is 454 g/mol. The van der Waals surface area contributed by atoms with Crippen LogP contribution >= 0.6 is 0 Å². The van der Waals surface area contributed by atoms with Crippen molar-refractivity contribution in [3.63, 3.8) is 0 Å². The van der Waals surface area contributed by atoms with Crippen molar-refractivity contribution in [2.75, 3.05) is 36.4 Å². The highest BCUT2D eigenvalue weighted by molar-refractivity contribution is 6.05. The molecule has 7 nitrogen and oxygen atoms in total. The van der Waals surface area contributed by atoms with Crippen LogP contribution in [0.2, 0.25) is 0 Å². The Kier molecular flexibility index (Phi) is 7.48. The van der Waals surface area contributed by atoms with Gasteiger partial charge >= 0.3 is 5.97 Å². The van der Waals surface area contributed by atoms with Gasteiger partial charge in [0.05, 0.1) is 23.1 Å². The third kappa shape index (κ3) is 5.30. The molecule has 2 atom stereocenters. The molecule has 190 valence electrons. The van der Waals surface area contributed by atoms with Crippen LogP contribution in [0.1, 0.15) is 48.2 Å². The first kappa shape index (κ1) is 25.5. The van der Waals surface area contributed by atoms with Crippen LogP contribution in [0, 0.1) is 25.7 Å². The zero-order chi connectivity index (χ0) is 26.0. The van der Waals surface area contributed by atoms with E-state index in [9.17, 15) is 19.5 Å². The van der Waals surface area contributed by atoms with Crippen LogP contribution < -0.4 is 10.2 Å². The van der Waals surface area contributed by atoms with Crippen molar-refractivity contribution in [2.45, 2.75) is 40.5 Å². The number of benzene rings is 2. The van der Waals surface area contributed by atoms with Gasteiger partial charge in [0.25, 0.3) is 5.91 Å². The van der Waals surface area contributed by atoms with Crippen LogP contribution in [0.4, 0.5) is 11.4 Å². The highest BCUT2D eigenvalue weighted by Gasteiger charge is 2.37. The number of amides is 2. The predicted molar refractivity (Wildman–Crippen MR) is 141 cm³/mol. The summed E-state index contributed by atoms with van der Waals surface area (Å²) in [6, 6.07) is 13.4. The van der Waals surface area contributed by atoms with Gasteiger partial charge in [-0.25, -0.2) is 0 Å². The molecule has 1 fully saturated rings. The Morgan fingerprint density at radius 1 is 0.833 bits per heavy atom. The number of rotatable bonds is 5. The fourth-order valence-electron chi connectivity index (χ4n) is 5.09. The van der Waals surface area contributed by atoms with Crippen molar-refractivity contribution >= 4 is 29.2 Å². The van der Waals surface area contributed by atoms with E-state index in [2.05, 4.69) is 42.3 Å². The third-order valence-corrected chi connectivity index (χ3v) is 7.76. The second-order valence-corrected chi connectivity index (χ2v) is 10.1. The van der Waals surface area contributed by atoms with E-state index >= 15 is 0 Å². The summed E-state index contributed by atoms with van der Waals surface area (Å²) in [6.07, 6.45) is 0.774. The van der Waals surface area contributed by atoms with Gasteiger partial charge in [0.15, 0.2) is 0 Å². The topological polar surface area (TPSA) is 89.9 Å². The van der Waals surface area contributed by atoms with Gasteiger partial charge in [-0.05, 0) is 75.9 Å². The molecule has 1 saturated heterocycles. The Labute approximate surface area is 212 Å². The molecule has 7 heteroatoms. The summed E-state index contributed by atoms with van der Waals surface area (Å²) in [5.74, 6) is -2.89. The van der Waals surface area contributed by atoms with Crippen molar-refractivity contribution in [3.05, 3.63) is 70.3 Å². The van der Waals surface area contributed by atoms with E-state index in [4.69, 9.17) is 0 Å². The third-order valence-electron chi connectivity index (χ3n) is 7.76. The Bertz CT molecular complexity index is 1210. The van der Waals surface area contributed by atoms with Crippen LogP contribution in [0.25, 0.3) is 0 Å².